The molecule has 0 atom stereocenters. The van der Waals surface area contributed by atoms with Gasteiger partial charge in [0.15, 0.2) is 0 Å². The molecule has 5 aromatic rings. The van der Waals surface area contributed by atoms with E-state index in [1.54, 1.807) is 24.4 Å². The van der Waals surface area contributed by atoms with Crippen molar-refractivity contribution in [2.75, 3.05) is 13.2 Å². The van der Waals surface area contributed by atoms with Crippen LogP contribution in [0.25, 0.3) is 0 Å². The van der Waals surface area contributed by atoms with E-state index in [0.717, 1.165) is 60.1 Å². The second-order valence-electron chi connectivity index (χ2n) is 12.2. The molecular formula is C43H45ClN2O4S. The van der Waals surface area contributed by atoms with E-state index in [1.165, 1.54) is 62.7 Å². The van der Waals surface area contributed by atoms with Gasteiger partial charge >= 0.3 is 5.97 Å². The lowest BCUT2D eigenvalue weighted by Gasteiger charge is -2.07. The first kappa shape index (κ1) is 37.5. The number of rotatable bonds is 21. The number of hydrogen-bond acceptors (Lipinski definition) is 7. The molecule has 0 radical (unpaired) electrons. The van der Waals surface area contributed by atoms with E-state index in [-0.39, 0.29) is 5.97 Å². The lowest BCUT2D eigenvalue weighted by molar-refractivity contribution is 0.0740. The third-order valence-corrected chi connectivity index (χ3v) is 9.26. The van der Waals surface area contributed by atoms with Gasteiger partial charge in [-0.25, -0.2) is 4.79 Å². The van der Waals surface area contributed by atoms with Crippen LogP contribution < -0.4 is 14.2 Å². The molecule has 51 heavy (non-hydrogen) atoms. The van der Waals surface area contributed by atoms with Crippen molar-refractivity contribution in [1.82, 2.24) is 0 Å². The van der Waals surface area contributed by atoms with Gasteiger partial charge in [-0.15, -0.1) is 11.3 Å². The summed E-state index contributed by atoms with van der Waals surface area (Å²) in [5.74, 6) is 1.93. The fourth-order valence-corrected chi connectivity index (χ4v) is 6.00. The summed E-state index contributed by atoms with van der Waals surface area (Å²) >= 11 is 7.29. The van der Waals surface area contributed by atoms with Crippen LogP contribution in [-0.4, -0.2) is 31.6 Å². The van der Waals surface area contributed by atoms with Crippen molar-refractivity contribution < 1.29 is 19.0 Å². The van der Waals surface area contributed by atoms with Crippen LogP contribution in [0.4, 0.5) is 11.4 Å². The number of nitrogens with zero attached hydrogens (tertiary/aromatic N) is 2. The molecule has 5 rings (SSSR count). The van der Waals surface area contributed by atoms with Crippen LogP contribution >= 0.6 is 22.9 Å². The molecule has 0 saturated heterocycles. The SMILES string of the molecule is O=C(Oc1ccc(C=Nc2ccc(OCCCCCCCCCCCCOc3ccc(C=Nc4ccc(Cl)cc4)cc3)cc2)cc1)c1cccs1. The Morgan fingerprint density at radius 2 is 0.980 bits per heavy atom. The Kier molecular flexibility index (Phi) is 15.8. The molecule has 0 aliphatic carbocycles. The van der Waals surface area contributed by atoms with E-state index in [2.05, 4.69) is 9.98 Å². The number of carbonyl (C=O) groups excluding carboxylic acids is 1. The average molecular weight is 721 g/mol. The highest BCUT2D eigenvalue weighted by atomic mass is 35.5. The highest BCUT2D eigenvalue weighted by Gasteiger charge is 2.09. The maximum atomic E-state index is 12.1. The molecule has 8 heteroatoms. The van der Waals surface area contributed by atoms with Gasteiger partial charge < -0.3 is 14.2 Å². The zero-order chi connectivity index (χ0) is 35.4. The molecule has 0 bridgehead atoms. The summed E-state index contributed by atoms with van der Waals surface area (Å²) in [6.07, 6.45) is 15.9. The Labute approximate surface area is 310 Å². The van der Waals surface area contributed by atoms with E-state index in [1.807, 2.05) is 103 Å². The van der Waals surface area contributed by atoms with Crippen LogP contribution in [-0.2, 0) is 0 Å². The molecule has 0 amide bonds. The average Bonchev–Trinajstić information content (AvgIpc) is 3.71. The van der Waals surface area contributed by atoms with Gasteiger partial charge in [-0.05, 0) is 132 Å². The Bertz CT molecular complexity index is 1770. The molecule has 264 valence electrons. The number of benzene rings is 4. The number of halogens is 1. The summed E-state index contributed by atoms with van der Waals surface area (Å²) in [6, 6.07) is 34.2. The predicted octanol–water partition coefficient (Wildman–Crippen LogP) is 12.5. The van der Waals surface area contributed by atoms with E-state index in [9.17, 15) is 4.79 Å². The van der Waals surface area contributed by atoms with Crippen LogP contribution in [0.5, 0.6) is 17.2 Å². The van der Waals surface area contributed by atoms with Gasteiger partial charge in [0.1, 0.15) is 22.1 Å². The van der Waals surface area contributed by atoms with Crippen LogP contribution in [0.15, 0.2) is 125 Å². The standard InChI is InChI=1S/C43H45ClN2O4S/c44-36-17-19-37(20-18-36)45-32-34-13-23-39(24-14-34)48-29-9-7-5-3-1-2-4-6-8-10-30-49-40-27-21-38(22-28-40)46-33-35-15-25-41(26-16-35)50-43(47)42-12-11-31-51-42/h11-28,31-33H,1-10,29-30H2. The van der Waals surface area contributed by atoms with Gasteiger partial charge in [-0.3, -0.25) is 9.98 Å². The van der Waals surface area contributed by atoms with Crippen molar-refractivity contribution >= 4 is 52.7 Å². The maximum Gasteiger partial charge on any atom is 0.353 e. The second kappa shape index (κ2) is 21.5. The molecule has 0 spiro atoms. The largest absolute Gasteiger partial charge is 0.494 e. The first-order chi connectivity index (χ1) is 25.1. The number of thiophene rings is 1. The summed E-state index contributed by atoms with van der Waals surface area (Å²) in [4.78, 5) is 21.7. The van der Waals surface area contributed by atoms with Crippen LogP contribution in [0.2, 0.25) is 5.02 Å². The molecule has 0 fully saturated rings. The van der Waals surface area contributed by atoms with Gasteiger partial charge in [0.25, 0.3) is 0 Å². The third-order valence-electron chi connectivity index (χ3n) is 8.16. The maximum absolute atomic E-state index is 12.1. The Balaban J connectivity index is 0.827. The molecule has 1 heterocycles. The molecule has 6 nitrogen and oxygen atoms in total. The fourth-order valence-electron chi connectivity index (χ4n) is 5.28. The zero-order valence-corrected chi connectivity index (χ0v) is 30.5. The van der Waals surface area contributed by atoms with Crippen molar-refractivity contribution in [2.24, 2.45) is 9.98 Å². The van der Waals surface area contributed by atoms with Gasteiger partial charge in [-0.1, -0.05) is 69.0 Å². The number of hydrogen-bond donors (Lipinski definition) is 0. The first-order valence-corrected chi connectivity index (χ1v) is 19.0. The van der Waals surface area contributed by atoms with E-state index >= 15 is 0 Å². The molecule has 4 aromatic carbocycles. The normalized spacial score (nSPS) is 11.3. The summed E-state index contributed by atoms with van der Waals surface area (Å²) in [6.45, 7) is 1.49. The predicted molar refractivity (Wildman–Crippen MR) is 212 cm³/mol. The number of ether oxygens (including phenoxy) is 3. The lowest BCUT2D eigenvalue weighted by Crippen LogP contribution is -2.06. The quantitative estimate of drug-likeness (QED) is 0.0327. The van der Waals surface area contributed by atoms with Crippen molar-refractivity contribution in [1.29, 1.82) is 0 Å². The van der Waals surface area contributed by atoms with Crippen molar-refractivity contribution in [3.05, 3.63) is 136 Å². The van der Waals surface area contributed by atoms with Crippen LogP contribution in [0, 0.1) is 0 Å². The topological polar surface area (TPSA) is 69.5 Å². The smallest absolute Gasteiger partial charge is 0.353 e. The highest BCUT2D eigenvalue weighted by molar-refractivity contribution is 7.12. The molecule has 0 aliphatic rings. The number of esters is 1. The number of aliphatic imine (C=N–C) groups is 2. The monoisotopic (exact) mass is 720 g/mol. The Morgan fingerprint density at radius 3 is 1.45 bits per heavy atom. The van der Waals surface area contributed by atoms with Gasteiger partial charge in [0, 0.05) is 17.5 Å². The van der Waals surface area contributed by atoms with Crippen LogP contribution in [0.1, 0.15) is 85.0 Å². The number of unbranched alkanes of at least 4 members (excludes halogenated alkanes) is 9. The molecule has 0 saturated carbocycles. The van der Waals surface area contributed by atoms with Gasteiger partial charge in [0.2, 0.25) is 0 Å². The number of carbonyl (C=O) groups is 1. The van der Waals surface area contributed by atoms with Crippen molar-refractivity contribution in [3.8, 4) is 17.2 Å². The summed E-state index contributed by atoms with van der Waals surface area (Å²) in [5, 5.41) is 2.56. The Hall–Kier alpha value is -4.72. The molecule has 0 N–H and O–H groups in total. The fraction of sp³-hybridized carbons (Fsp3) is 0.279. The molecule has 0 aliphatic heterocycles. The molecule has 1 aromatic heterocycles. The Morgan fingerprint density at radius 1 is 0.549 bits per heavy atom. The van der Waals surface area contributed by atoms with Crippen molar-refractivity contribution in [2.45, 2.75) is 64.2 Å². The first-order valence-electron chi connectivity index (χ1n) is 17.8. The van der Waals surface area contributed by atoms with Gasteiger partial charge in [0.05, 0.1) is 24.6 Å². The summed E-state index contributed by atoms with van der Waals surface area (Å²) in [5.41, 5.74) is 3.68. The minimum absolute atomic E-state index is 0.344. The zero-order valence-electron chi connectivity index (χ0n) is 28.9. The highest BCUT2D eigenvalue weighted by Crippen LogP contribution is 2.21. The molecule has 0 unspecified atom stereocenters. The summed E-state index contributed by atoms with van der Waals surface area (Å²) < 4.78 is 17.3. The lowest BCUT2D eigenvalue weighted by atomic mass is 10.1. The molecular weight excluding hydrogens is 676 g/mol. The summed E-state index contributed by atoms with van der Waals surface area (Å²) in [7, 11) is 0. The third kappa shape index (κ3) is 14.2. The minimum atomic E-state index is -0.344. The second-order valence-corrected chi connectivity index (χ2v) is 13.6. The minimum Gasteiger partial charge on any atom is -0.494 e. The van der Waals surface area contributed by atoms with E-state index in [0.29, 0.717) is 15.6 Å². The van der Waals surface area contributed by atoms with Crippen LogP contribution in [0.3, 0.4) is 0 Å². The van der Waals surface area contributed by atoms with Gasteiger partial charge in [-0.2, -0.15) is 0 Å². The van der Waals surface area contributed by atoms with E-state index < -0.39 is 0 Å². The van der Waals surface area contributed by atoms with Crippen molar-refractivity contribution in [3.63, 3.8) is 0 Å². The van der Waals surface area contributed by atoms with E-state index in [4.69, 9.17) is 25.8 Å².